The minimum absolute atomic E-state index is 0.101. The first-order chi connectivity index (χ1) is 18.5. The minimum atomic E-state index is -4.34. The summed E-state index contributed by atoms with van der Waals surface area (Å²) in [4.78, 5) is 16.9. The lowest BCUT2D eigenvalue weighted by Crippen LogP contribution is -2.46. The molecule has 39 heavy (non-hydrogen) atoms. The number of alkyl halides is 3. The number of benzene rings is 2. The molecule has 1 atom stereocenters. The molecule has 3 heterocycles. The topological polar surface area (TPSA) is 35.6 Å². The van der Waals surface area contributed by atoms with E-state index in [1.807, 2.05) is 0 Å². The van der Waals surface area contributed by atoms with Crippen LogP contribution in [0.4, 0.5) is 27.6 Å². The highest BCUT2D eigenvalue weighted by Crippen LogP contribution is 2.46. The van der Waals surface area contributed by atoms with Crippen LogP contribution in [0, 0.1) is 23.5 Å². The van der Waals surface area contributed by atoms with Crippen LogP contribution in [0.2, 0.25) is 0 Å². The second kappa shape index (κ2) is 10.9. The molecule has 0 radical (unpaired) electrons. The van der Waals surface area contributed by atoms with E-state index in [0.717, 1.165) is 56.9 Å². The van der Waals surface area contributed by atoms with Gasteiger partial charge in [-0.1, -0.05) is 13.0 Å². The van der Waals surface area contributed by atoms with E-state index in [2.05, 4.69) is 17.1 Å². The van der Waals surface area contributed by atoms with Crippen LogP contribution in [0.15, 0.2) is 42.5 Å². The normalized spacial score (nSPS) is 20.8. The highest BCUT2D eigenvalue weighted by atomic mass is 19.4. The Morgan fingerprint density at radius 3 is 2.36 bits per heavy atom. The molecular weight excluding hydrogens is 513 g/mol. The summed E-state index contributed by atoms with van der Waals surface area (Å²) in [6.45, 7) is 7.04. The summed E-state index contributed by atoms with van der Waals surface area (Å²) in [5.74, 6) is -0.540. The second-order valence-corrected chi connectivity index (χ2v) is 11.4. The molecule has 9 heteroatoms. The maximum Gasteiger partial charge on any atom is 0.416 e. The van der Waals surface area contributed by atoms with Gasteiger partial charge in [-0.25, -0.2) is 8.78 Å². The number of anilines is 1. The number of rotatable bonds is 5. The summed E-state index contributed by atoms with van der Waals surface area (Å²) in [6.07, 6.45) is 2.13. The molecule has 2 fully saturated rings. The molecular formula is C30H34F5N3O. The highest BCUT2D eigenvalue weighted by molar-refractivity contribution is 5.91. The van der Waals surface area contributed by atoms with Crippen LogP contribution in [0.5, 0.6) is 0 Å². The van der Waals surface area contributed by atoms with Gasteiger partial charge in [0.15, 0.2) is 0 Å². The Bertz CT molecular complexity index is 1210. The number of likely N-dealkylation sites (tertiary alicyclic amines) is 2. The lowest BCUT2D eigenvalue weighted by molar-refractivity contribution is -0.137. The van der Waals surface area contributed by atoms with Crippen molar-refractivity contribution in [1.29, 1.82) is 0 Å². The van der Waals surface area contributed by atoms with Crippen LogP contribution in [0.1, 0.15) is 49.3 Å². The molecule has 3 aliphatic heterocycles. The summed E-state index contributed by atoms with van der Waals surface area (Å²) in [6, 6.07) is 7.29. The van der Waals surface area contributed by atoms with Crippen LogP contribution >= 0.6 is 0 Å². The summed E-state index contributed by atoms with van der Waals surface area (Å²) in [7, 11) is 0. The first-order valence-electron chi connectivity index (χ1n) is 13.6. The number of hydrogen-bond acceptors (Lipinski definition) is 3. The second-order valence-electron chi connectivity index (χ2n) is 11.4. The Kier molecular flexibility index (Phi) is 7.73. The van der Waals surface area contributed by atoms with E-state index in [1.165, 1.54) is 36.4 Å². The maximum absolute atomic E-state index is 13.4. The van der Waals surface area contributed by atoms with E-state index in [4.69, 9.17) is 0 Å². The number of nitrogens with one attached hydrogen (secondary N) is 1. The molecule has 1 amide bonds. The van der Waals surface area contributed by atoms with Crippen molar-refractivity contribution in [1.82, 2.24) is 9.80 Å². The van der Waals surface area contributed by atoms with Crippen LogP contribution in [-0.4, -0.2) is 55.0 Å². The molecule has 2 saturated heterocycles. The average Bonchev–Trinajstić information content (AvgIpc) is 3.25. The van der Waals surface area contributed by atoms with Crippen molar-refractivity contribution in [3.63, 3.8) is 0 Å². The Morgan fingerprint density at radius 2 is 1.72 bits per heavy atom. The zero-order chi connectivity index (χ0) is 27.8. The number of halogens is 5. The van der Waals surface area contributed by atoms with Crippen molar-refractivity contribution in [2.24, 2.45) is 11.8 Å². The fourth-order valence-electron chi connectivity index (χ4n) is 6.49. The summed E-state index contributed by atoms with van der Waals surface area (Å²) in [5, 5.41) is 3.23. The molecule has 0 saturated carbocycles. The number of amides is 1. The lowest BCUT2D eigenvalue weighted by atomic mass is 9.74. The first-order valence-corrected chi connectivity index (χ1v) is 13.6. The predicted molar refractivity (Wildman–Crippen MR) is 141 cm³/mol. The van der Waals surface area contributed by atoms with Crippen LogP contribution in [0.3, 0.4) is 0 Å². The predicted octanol–water partition coefficient (Wildman–Crippen LogP) is 6.33. The van der Waals surface area contributed by atoms with Gasteiger partial charge in [0, 0.05) is 49.4 Å². The van der Waals surface area contributed by atoms with Crippen molar-refractivity contribution < 1.29 is 26.7 Å². The van der Waals surface area contributed by atoms with Gasteiger partial charge >= 0.3 is 6.18 Å². The zero-order valence-electron chi connectivity index (χ0n) is 22.0. The van der Waals surface area contributed by atoms with Gasteiger partial charge in [-0.3, -0.25) is 4.79 Å². The van der Waals surface area contributed by atoms with Crippen molar-refractivity contribution in [3.05, 3.63) is 70.8 Å². The molecule has 3 aliphatic rings. The van der Waals surface area contributed by atoms with Crippen molar-refractivity contribution in [2.45, 2.75) is 44.2 Å². The summed E-state index contributed by atoms with van der Waals surface area (Å²) in [5.41, 5.74) is 1.23. The van der Waals surface area contributed by atoms with Crippen LogP contribution < -0.4 is 5.32 Å². The van der Waals surface area contributed by atoms with Gasteiger partial charge in [0.2, 0.25) is 5.91 Å². The third kappa shape index (κ3) is 6.13. The molecule has 1 N–H and O–H groups in total. The standard InChI is InChI=1S/C30H34F5N3O/c1-20(22-6-10-38(11-7-22)28(39)5-2-21-14-24(31)17-25(32)15-21)18-37-12-8-29(9-13-37)19-36-27-16-23(30(33,34)35)3-4-26(27)29/h2-5,14-17,20,22,36H,6-13,18-19H2,1H3/b5-2+/t20-/m1/s1. The monoisotopic (exact) mass is 547 g/mol. The molecule has 0 aromatic heterocycles. The first kappa shape index (κ1) is 27.6. The third-order valence-corrected chi connectivity index (χ3v) is 8.85. The molecule has 0 unspecified atom stereocenters. The molecule has 4 nitrogen and oxygen atoms in total. The van der Waals surface area contributed by atoms with Gasteiger partial charge in [-0.15, -0.1) is 0 Å². The summed E-state index contributed by atoms with van der Waals surface area (Å²) >= 11 is 0. The minimum Gasteiger partial charge on any atom is -0.384 e. The number of nitrogens with zero attached hydrogens (tertiary/aromatic N) is 2. The SMILES string of the molecule is C[C@H](CN1CCC2(CC1)CNc1cc(C(F)(F)F)ccc12)C1CCN(C(=O)/C=C/c2cc(F)cc(F)c2)CC1. The Balaban J connectivity index is 1.09. The Hall–Kier alpha value is -2.94. The molecule has 1 spiro atoms. The number of piperidine rings is 2. The van der Waals surface area contributed by atoms with Crippen molar-refractivity contribution in [3.8, 4) is 0 Å². The van der Waals surface area contributed by atoms with E-state index >= 15 is 0 Å². The quantitative estimate of drug-likeness (QED) is 0.351. The lowest BCUT2D eigenvalue weighted by Gasteiger charge is -2.42. The smallest absolute Gasteiger partial charge is 0.384 e. The number of fused-ring (bicyclic) bond motifs is 2. The van der Waals surface area contributed by atoms with E-state index < -0.39 is 23.4 Å². The fraction of sp³-hybridized carbons (Fsp3) is 0.500. The number of carbonyl (C=O) groups excluding carboxylic acids is 1. The van der Waals surface area contributed by atoms with E-state index in [0.29, 0.717) is 42.7 Å². The van der Waals surface area contributed by atoms with Gasteiger partial charge in [-0.05, 0) is 92.1 Å². The third-order valence-electron chi connectivity index (χ3n) is 8.85. The van der Waals surface area contributed by atoms with Crippen LogP contribution in [-0.2, 0) is 16.4 Å². The van der Waals surface area contributed by atoms with Crippen molar-refractivity contribution in [2.75, 3.05) is 44.6 Å². The molecule has 0 bridgehead atoms. The van der Waals surface area contributed by atoms with Gasteiger partial charge in [0.1, 0.15) is 11.6 Å². The Labute approximate surface area is 225 Å². The molecule has 2 aromatic carbocycles. The highest BCUT2D eigenvalue weighted by Gasteiger charge is 2.43. The summed E-state index contributed by atoms with van der Waals surface area (Å²) < 4.78 is 66.1. The maximum atomic E-state index is 13.4. The van der Waals surface area contributed by atoms with Gasteiger partial charge in [0.25, 0.3) is 0 Å². The number of hydrogen-bond donors (Lipinski definition) is 1. The zero-order valence-corrected chi connectivity index (χ0v) is 22.0. The molecule has 0 aliphatic carbocycles. The molecule has 210 valence electrons. The molecule has 2 aromatic rings. The Morgan fingerprint density at radius 1 is 1.05 bits per heavy atom. The fourth-order valence-corrected chi connectivity index (χ4v) is 6.49. The molecule has 5 rings (SSSR count). The van der Waals surface area contributed by atoms with Gasteiger partial charge in [-0.2, -0.15) is 13.2 Å². The van der Waals surface area contributed by atoms with E-state index in [-0.39, 0.29) is 11.3 Å². The average molecular weight is 548 g/mol. The van der Waals surface area contributed by atoms with Gasteiger partial charge < -0.3 is 15.1 Å². The van der Waals surface area contributed by atoms with Crippen LogP contribution in [0.25, 0.3) is 6.08 Å². The van der Waals surface area contributed by atoms with E-state index in [1.54, 1.807) is 11.0 Å². The largest absolute Gasteiger partial charge is 0.416 e. The van der Waals surface area contributed by atoms with Crippen molar-refractivity contribution >= 4 is 17.7 Å². The van der Waals surface area contributed by atoms with E-state index in [9.17, 15) is 26.7 Å². The van der Waals surface area contributed by atoms with Gasteiger partial charge in [0.05, 0.1) is 5.56 Å². The number of carbonyl (C=O) groups is 1.